The van der Waals surface area contributed by atoms with Crippen LogP contribution in [0.2, 0.25) is 0 Å². The molecule has 5 rings (SSSR count). The number of aryl methyl sites for hydroxylation is 1. The van der Waals surface area contributed by atoms with Crippen molar-refractivity contribution in [1.29, 1.82) is 0 Å². The van der Waals surface area contributed by atoms with Gasteiger partial charge in [-0.1, -0.05) is 12.1 Å². The van der Waals surface area contributed by atoms with Crippen molar-refractivity contribution in [2.45, 2.75) is 13.5 Å². The zero-order chi connectivity index (χ0) is 27.0. The first-order valence-corrected chi connectivity index (χ1v) is 12.7. The molecule has 0 atom stereocenters. The molecule has 2 amide bonds. The molecule has 0 aliphatic carbocycles. The minimum atomic E-state index is -0.262. The second-order valence-electron chi connectivity index (χ2n) is 9.07. The van der Waals surface area contributed by atoms with Gasteiger partial charge in [-0.3, -0.25) is 14.6 Å². The van der Waals surface area contributed by atoms with Gasteiger partial charge in [-0.15, -0.1) is 0 Å². The van der Waals surface area contributed by atoms with Crippen LogP contribution in [0.1, 0.15) is 32.0 Å². The van der Waals surface area contributed by atoms with Crippen LogP contribution < -0.4 is 20.3 Å². The minimum absolute atomic E-state index is 0.255. The number of hydrogen-bond acceptors (Lipinski definition) is 7. The number of carbonyl (C=O) groups excluding carboxylic acids is 2. The number of nitrogens with zero attached hydrogens (tertiary/aromatic N) is 3. The fraction of sp³-hybridized carbons (Fsp3) is 0.200. The summed E-state index contributed by atoms with van der Waals surface area (Å²) < 4.78 is 11.1. The fourth-order valence-electron chi connectivity index (χ4n) is 4.10. The highest BCUT2D eigenvalue weighted by Crippen LogP contribution is 2.23. The van der Waals surface area contributed by atoms with Crippen LogP contribution in [0.4, 0.5) is 17.2 Å². The van der Waals surface area contributed by atoms with Crippen LogP contribution in [-0.4, -0.2) is 48.1 Å². The van der Waals surface area contributed by atoms with Gasteiger partial charge in [0.2, 0.25) is 0 Å². The van der Waals surface area contributed by atoms with Gasteiger partial charge < -0.3 is 25.0 Å². The van der Waals surface area contributed by atoms with Gasteiger partial charge in [0, 0.05) is 48.0 Å². The van der Waals surface area contributed by atoms with Gasteiger partial charge in [0.1, 0.15) is 18.2 Å². The summed E-state index contributed by atoms with van der Waals surface area (Å²) in [6.07, 6.45) is 3.35. The molecule has 0 radical (unpaired) electrons. The summed E-state index contributed by atoms with van der Waals surface area (Å²) in [4.78, 5) is 36.6. The average Bonchev–Trinajstić information content (AvgIpc) is 2.99. The van der Waals surface area contributed by atoms with Crippen LogP contribution in [0.25, 0.3) is 0 Å². The molecular formula is C30H29N5O4. The van der Waals surface area contributed by atoms with E-state index < -0.39 is 0 Å². The van der Waals surface area contributed by atoms with Gasteiger partial charge in [-0.25, -0.2) is 4.98 Å². The Kier molecular flexibility index (Phi) is 8.09. The van der Waals surface area contributed by atoms with Gasteiger partial charge >= 0.3 is 0 Å². The summed E-state index contributed by atoms with van der Waals surface area (Å²) in [6.45, 7) is 4.99. The van der Waals surface area contributed by atoms with Crippen molar-refractivity contribution in [3.8, 4) is 5.75 Å². The largest absolute Gasteiger partial charge is 0.487 e. The summed E-state index contributed by atoms with van der Waals surface area (Å²) in [7, 11) is 0. The summed E-state index contributed by atoms with van der Waals surface area (Å²) in [5.41, 5.74) is 3.86. The van der Waals surface area contributed by atoms with Gasteiger partial charge in [-0.2, -0.15) is 0 Å². The number of hydrogen-bond donors (Lipinski definition) is 2. The van der Waals surface area contributed by atoms with Crippen molar-refractivity contribution in [2.75, 3.05) is 41.8 Å². The highest BCUT2D eigenvalue weighted by atomic mass is 16.5. The maximum absolute atomic E-state index is 13.0. The van der Waals surface area contributed by atoms with Gasteiger partial charge in [-0.05, 0) is 73.2 Å². The first-order valence-electron chi connectivity index (χ1n) is 12.7. The molecule has 39 heavy (non-hydrogen) atoms. The molecule has 1 fully saturated rings. The highest BCUT2D eigenvalue weighted by Gasteiger charge is 2.15. The summed E-state index contributed by atoms with van der Waals surface area (Å²) in [6, 6.07) is 21.4. The van der Waals surface area contributed by atoms with Crippen molar-refractivity contribution in [2.24, 2.45) is 0 Å². The third-order valence-corrected chi connectivity index (χ3v) is 6.32. The number of carbonyl (C=O) groups is 2. The van der Waals surface area contributed by atoms with Crippen molar-refractivity contribution >= 4 is 29.0 Å². The number of amides is 2. The Balaban J connectivity index is 1.21. The second kappa shape index (κ2) is 12.2. The zero-order valence-corrected chi connectivity index (χ0v) is 21.6. The second-order valence-corrected chi connectivity index (χ2v) is 9.07. The molecule has 2 aromatic carbocycles. The molecule has 4 aromatic rings. The van der Waals surface area contributed by atoms with Crippen LogP contribution in [0.5, 0.6) is 5.75 Å². The van der Waals surface area contributed by atoms with Crippen LogP contribution >= 0.6 is 0 Å². The van der Waals surface area contributed by atoms with E-state index >= 15 is 0 Å². The molecule has 0 bridgehead atoms. The summed E-state index contributed by atoms with van der Waals surface area (Å²) in [5.74, 6) is 0.874. The molecule has 2 aromatic heterocycles. The van der Waals surface area contributed by atoms with E-state index in [-0.39, 0.29) is 11.8 Å². The maximum Gasteiger partial charge on any atom is 0.255 e. The summed E-state index contributed by atoms with van der Waals surface area (Å²) in [5, 5.41) is 5.86. The lowest BCUT2D eigenvalue weighted by atomic mass is 10.1. The molecule has 1 aliphatic rings. The van der Waals surface area contributed by atoms with Crippen LogP contribution in [0.15, 0.2) is 85.2 Å². The Hall–Kier alpha value is -4.76. The van der Waals surface area contributed by atoms with E-state index in [1.165, 1.54) is 0 Å². The molecule has 3 heterocycles. The molecule has 1 saturated heterocycles. The molecule has 9 nitrogen and oxygen atoms in total. The van der Waals surface area contributed by atoms with E-state index in [4.69, 9.17) is 9.47 Å². The Morgan fingerprint density at radius 2 is 1.67 bits per heavy atom. The Bertz CT molecular complexity index is 1440. The van der Waals surface area contributed by atoms with E-state index in [0.717, 1.165) is 30.2 Å². The lowest BCUT2D eigenvalue weighted by molar-refractivity contribution is 0.101. The zero-order valence-electron chi connectivity index (χ0n) is 21.6. The van der Waals surface area contributed by atoms with Gasteiger partial charge in [0.05, 0.1) is 18.9 Å². The molecule has 198 valence electrons. The lowest BCUT2D eigenvalue weighted by Crippen LogP contribution is -2.36. The lowest BCUT2D eigenvalue weighted by Gasteiger charge is -2.27. The monoisotopic (exact) mass is 523 g/mol. The predicted octanol–water partition coefficient (Wildman–Crippen LogP) is 4.71. The fourth-order valence-corrected chi connectivity index (χ4v) is 4.10. The number of rotatable bonds is 8. The topological polar surface area (TPSA) is 106 Å². The van der Waals surface area contributed by atoms with E-state index in [2.05, 4.69) is 25.5 Å². The first kappa shape index (κ1) is 25.9. The number of nitrogens with one attached hydrogen (secondary N) is 2. The number of benzene rings is 2. The third-order valence-electron chi connectivity index (χ3n) is 6.32. The third kappa shape index (κ3) is 6.77. The summed E-state index contributed by atoms with van der Waals surface area (Å²) >= 11 is 0. The van der Waals surface area contributed by atoms with E-state index in [9.17, 15) is 9.59 Å². The number of pyridine rings is 2. The van der Waals surface area contributed by atoms with Gasteiger partial charge in [0.25, 0.3) is 11.8 Å². The molecule has 9 heteroatoms. The molecule has 0 unspecified atom stereocenters. The normalized spacial score (nSPS) is 13.0. The Labute approximate surface area is 226 Å². The number of anilines is 3. The van der Waals surface area contributed by atoms with Crippen LogP contribution in [-0.2, 0) is 11.3 Å². The number of aromatic nitrogens is 2. The standard InChI is InChI=1S/C30H29N5O4/c1-21-5-8-24(33-30(37)23-11-13-32-28(18-23)35-14-16-38-17-15-35)19-27(21)34-29(36)22-6-9-26(10-7-22)39-20-25-4-2-3-12-31-25/h2-13,18-19H,14-17,20H2,1H3,(H,33,37)(H,34,36). The molecule has 1 aliphatic heterocycles. The van der Waals surface area contributed by atoms with Crippen molar-refractivity contribution in [3.05, 3.63) is 108 Å². The Morgan fingerprint density at radius 1 is 0.872 bits per heavy atom. The first-order chi connectivity index (χ1) is 19.0. The number of morpholine rings is 1. The molecule has 0 spiro atoms. The van der Waals surface area contributed by atoms with Crippen LogP contribution in [0, 0.1) is 6.92 Å². The Morgan fingerprint density at radius 3 is 2.44 bits per heavy atom. The van der Waals surface area contributed by atoms with E-state index in [1.807, 2.05) is 31.2 Å². The smallest absolute Gasteiger partial charge is 0.255 e. The highest BCUT2D eigenvalue weighted by molar-refractivity contribution is 6.07. The van der Waals surface area contributed by atoms with Gasteiger partial charge in [0.15, 0.2) is 0 Å². The van der Waals surface area contributed by atoms with E-state index in [0.29, 0.717) is 48.1 Å². The average molecular weight is 524 g/mol. The maximum atomic E-state index is 13.0. The van der Waals surface area contributed by atoms with E-state index in [1.54, 1.807) is 60.9 Å². The quantitative estimate of drug-likeness (QED) is 0.345. The SMILES string of the molecule is Cc1ccc(NC(=O)c2ccnc(N3CCOCC3)c2)cc1NC(=O)c1ccc(OCc2ccccn2)cc1. The molecular weight excluding hydrogens is 494 g/mol. The molecule has 2 N–H and O–H groups in total. The van der Waals surface area contributed by atoms with Crippen molar-refractivity contribution in [1.82, 2.24) is 9.97 Å². The van der Waals surface area contributed by atoms with Crippen LogP contribution in [0.3, 0.4) is 0 Å². The molecule has 0 saturated carbocycles. The number of ether oxygens (including phenoxy) is 2. The minimum Gasteiger partial charge on any atom is -0.487 e. The van der Waals surface area contributed by atoms with Crippen molar-refractivity contribution in [3.63, 3.8) is 0 Å². The predicted molar refractivity (Wildman–Crippen MR) is 149 cm³/mol. The van der Waals surface area contributed by atoms with Crippen molar-refractivity contribution < 1.29 is 19.1 Å².